The minimum atomic E-state index is -0.132. The highest BCUT2D eigenvalue weighted by Crippen LogP contribution is 2.39. The summed E-state index contributed by atoms with van der Waals surface area (Å²) in [4.78, 5) is 26.1. The summed E-state index contributed by atoms with van der Waals surface area (Å²) in [6.45, 7) is 3.83. The molecular formula is C16H23N3O2. The monoisotopic (exact) mass is 289 g/mol. The van der Waals surface area contributed by atoms with E-state index in [1.807, 2.05) is 4.90 Å². The average Bonchev–Trinajstić information content (AvgIpc) is 2.51. The quantitative estimate of drug-likeness (QED) is 0.839. The second-order valence-corrected chi connectivity index (χ2v) is 6.41. The summed E-state index contributed by atoms with van der Waals surface area (Å²) in [5.41, 5.74) is 0.821. The third-order valence-corrected chi connectivity index (χ3v) is 5.13. The SMILES string of the molecule is Cn1ccc(C(=O)N2CCC3(CCNCC3)CC2)cc1=O. The van der Waals surface area contributed by atoms with Crippen molar-refractivity contribution in [1.82, 2.24) is 14.8 Å². The highest BCUT2D eigenvalue weighted by molar-refractivity contribution is 5.94. The van der Waals surface area contributed by atoms with Crippen LogP contribution in [0.15, 0.2) is 23.1 Å². The molecule has 1 N–H and O–H groups in total. The van der Waals surface area contributed by atoms with Gasteiger partial charge < -0.3 is 14.8 Å². The number of carbonyl (C=O) groups excluding carboxylic acids is 1. The van der Waals surface area contributed by atoms with Crippen molar-refractivity contribution in [3.63, 3.8) is 0 Å². The van der Waals surface area contributed by atoms with Gasteiger partial charge in [0.1, 0.15) is 0 Å². The predicted octanol–water partition coefficient (Wildman–Crippen LogP) is 0.991. The van der Waals surface area contributed by atoms with Gasteiger partial charge in [-0.05, 0) is 50.3 Å². The van der Waals surface area contributed by atoms with Crippen molar-refractivity contribution in [3.8, 4) is 0 Å². The number of likely N-dealkylation sites (tertiary alicyclic amines) is 1. The third kappa shape index (κ3) is 2.88. The minimum absolute atomic E-state index is 0.00326. The van der Waals surface area contributed by atoms with Crippen molar-refractivity contribution in [1.29, 1.82) is 0 Å². The van der Waals surface area contributed by atoms with Gasteiger partial charge in [0.2, 0.25) is 0 Å². The zero-order valence-corrected chi connectivity index (χ0v) is 12.6. The number of aromatic nitrogens is 1. The molecule has 0 aromatic carbocycles. The molecule has 5 heteroatoms. The first kappa shape index (κ1) is 14.3. The fourth-order valence-electron chi connectivity index (χ4n) is 3.51. The van der Waals surface area contributed by atoms with E-state index in [-0.39, 0.29) is 11.5 Å². The Balaban J connectivity index is 1.67. The van der Waals surface area contributed by atoms with Crippen molar-refractivity contribution in [2.45, 2.75) is 25.7 Å². The minimum Gasteiger partial charge on any atom is -0.339 e. The van der Waals surface area contributed by atoms with Gasteiger partial charge in [0.05, 0.1) is 0 Å². The lowest BCUT2D eigenvalue weighted by atomic mass is 9.71. The highest BCUT2D eigenvalue weighted by atomic mass is 16.2. The van der Waals surface area contributed by atoms with E-state index in [1.165, 1.54) is 23.5 Å². The topological polar surface area (TPSA) is 54.3 Å². The molecule has 2 saturated heterocycles. The Morgan fingerprint density at radius 2 is 1.86 bits per heavy atom. The van der Waals surface area contributed by atoms with Crippen LogP contribution in [0.25, 0.3) is 0 Å². The molecule has 1 spiro atoms. The molecule has 21 heavy (non-hydrogen) atoms. The number of nitrogens with one attached hydrogen (secondary N) is 1. The molecule has 2 aliphatic rings. The Morgan fingerprint density at radius 3 is 2.48 bits per heavy atom. The molecule has 2 aliphatic heterocycles. The molecule has 1 aromatic rings. The molecule has 0 atom stereocenters. The van der Waals surface area contributed by atoms with Gasteiger partial charge in [-0.25, -0.2) is 0 Å². The number of pyridine rings is 1. The van der Waals surface area contributed by atoms with Crippen molar-refractivity contribution in [2.24, 2.45) is 12.5 Å². The van der Waals surface area contributed by atoms with Crippen LogP contribution in [0, 0.1) is 5.41 Å². The highest BCUT2D eigenvalue weighted by Gasteiger charge is 2.36. The molecule has 0 aliphatic carbocycles. The van der Waals surface area contributed by atoms with Crippen LogP contribution >= 0.6 is 0 Å². The number of rotatable bonds is 1. The van der Waals surface area contributed by atoms with E-state index < -0.39 is 0 Å². The molecule has 114 valence electrons. The zero-order valence-electron chi connectivity index (χ0n) is 12.6. The van der Waals surface area contributed by atoms with Crippen LogP contribution in [0.1, 0.15) is 36.0 Å². The fraction of sp³-hybridized carbons (Fsp3) is 0.625. The first-order chi connectivity index (χ1) is 10.1. The van der Waals surface area contributed by atoms with E-state index >= 15 is 0 Å². The lowest BCUT2D eigenvalue weighted by Crippen LogP contribution is -2.47. The fourth-order valence-corrected chi connectivity index (χ4v) is 3.51. The second kappa shape index (κ2) is 5.64. The Bertz CT molecular complexity index is 577. The molecule has 2 fully saturated rings. The smallest absolute Gasteiger partial charge is 0.254 e. The van der Waals surface area contributed by atoms with Gasteiger partial charge in [-0.2, -0.15) is 0 Å². The molecule has 1 aromatic heterocycles. The first-order valence-corrected chi connectivity index (χ1v) is 7.76. The van der Waals surface area contributed by atoms with Crippen LogP contribution in [-0.2, 0) is 7.05 Å². The average molecular weight is 289 g/mol. The number of amides is 1. The maximum absolute atomic E-state index is 12.5. The largest absolute Gasteiger partial charge is 0.339 e. The molecule has 3 rings (SSSR count). The molecule has 5 nitrogen and oxygen atoms in total. The predicted molar refractivity (Wildman–Crippen MR) is 81.4 cm³/mol. The van der Waals surface area contributed by atoms with Crippen molar-refractivity contribution >= 4 is 5.91 Å². The summed E-state index contributed by atoms with van der Waals surface area (Å²) in [6.07, 6.45) is 6.28. The number of nitrogens with zero attached hydrogens (tertiary/aromatic N) is 2. The van der Waals surface area contributed by atoms with Crippen molar-refractivity contribution in [2.75, 3.05) is 26.2 Å². The third-order valence-electron chi connectivity index (χ3n) is 5.13. The van der Waals surface area contributed by atoms with Gasteiger partial charge in [0, 0.05) is 38.0 Å². The Labute approximate surface area is 124 Å². The number of aryl methyl sites for hydroxylation is 1. The van der Waals surface area contributed by atoms with Crippen LogP contribution in [0.5, 0.6) is 0 Å². The van der Waals surface area contributed by atoms with Crippen molar-refractivity contribution in [3.05, 3.63) is 34.2 Å². The number of carbonyl (C=O) groups is 1. The molecule has 0 unspecified atom stereocenters. The molecule has 0 radical (unpaired) electrons. The summed E-state index contributed by atoms with van der Waals surface area (Å²) in [5, 5.41) is 3.41. The normalized spacial score (nSPS) is 21.5. The Kier molecular flexibility index (Phi) is 3.85. The molecule has 3 heterocycles. The maximum atomic E-state index is 12.5. The van der Waals surface area contributed by atoms with Gasteiger partial charge in [0.25, 0.3) is 11.5 Å². The van der Waals surface area contributed by atoms with Crippen LogP contribution in [-0.4, -0.2) is 41.6 Å². The van der Waals surface area contributed by atoms with Gasteiger partial charge in [-0.3, -0.25) is 9.59 Å². The van der Waals surface area contributed by atoms with Crippen LogP contribution < -0.4 is 10.9 Å². The molecule has 0 saturated carbocycles. The molecule has 0 bridgehead atoms. The molecular weight excluding hydrogens is 266 g/mol. The lowest BCUT2D eigenvalue weighted by Gasteiger charge is -2.44. The van der Waals surface area contributed by atoms with Crippen LogP contribution in [0.3, 0.4) is 0 Å². The summed E-state index contributed by atoms with van der Waals surface area (Å²) >= 11 is 0. The Hall–Kier alpha value is -1.62. The summed E-state index contributed by atoms with van der Waals surface area (Å²) < 4.78 is 1.48. The van der Waals surface area contributed by atoms with E-state index in [0.717, 1.165) is 39.0 Å². The van der Waals surface area contributed by atoms with E-state index in [1.54, 1.807) is 19.3 Å². The van der Waals surface area contributed by atoms with E-state index in [0.29, 0.717) is 11.0 Å². The summed E-state index contributed by atoms with van der Waals surface area (Å²) in [7, 11) is 1.69. The lowest BCUT2D eigenvalue weighted by molar-refractivity contribution is 0.0495. The number of hydrogen-bond acceptors (Lipinski definition) is 3. The van der Waals surface area contributed by atoms with Gasteiger partial charge in [-0.1, -0.05) is 0 Å². The standard InChI is InChI=1S/C16H23N3O2/c1-18-9-2-13(12-14(18)20)15(21)19-10-5-16(6-11-19)3-7-17-8-4-16/h2,9,12,17H,3-8,10-11H2,1H3. The first-order valence-electron chi connectivity index (χ1n) is 7.76. The van der Waals surface area contributed by atoms with Gasteiger partial charge in [-0.15, -0.1) is 0 Å². The van der Waals surface area contributed by atoms with Gasteiger partial charge >= 0.3 is 0 Å². The van der Waals surface area contributed by atoms with E-state index in [4.69, 9.17) is 0 Å². The number of piperidine rings is 2. The van der Waals surface area contributed by atoms with Crippen LogP contribution in [0.2, 0.25) is 0 Å². The summed E-state index contributed by atoms with van der Waals surface area (Å²) in [5.74, 6) is -0.00326. The maximum Gasteiger partial charge on any atom is 0.254 e. The van der Waals surface area contributed by atoms with E-state index in [2.05, 4.69) is 5.32 Å². The summed E-state index contributed by atoms with van der Waals surface area (Å²) in [6, 6.07) is 3.18. The molecule has 1 amide bonds. The second-order valence-electron chi connectivity index (χ2n) is 6.41. The van der Waals surface area contributed by atoms with E-state index in [9.17, 15) is 9.59 Å². The number of hydrogen-bond donors (Lipinski definition) is 1. The Morgan fingerprint density at radius 1 is 1.19 bits per heavy atom. The van der Waals surface area contributed by atoms with Crippen molar-refractivity contribution < 1.29 is 4.79 Å². The van der Waals surface area contributed by atoms with Crippen LogP contribution in [0.4, 0.5) is 0 Å². The zero-order chi connectivity index (χ0) is 14.9. The van der Waals surface area contributed by atoms with Gasteiger partial charge in [0.15, 0.2) is 0 Å².